The number of aliphatic carboxylic acids is 1. The molecule has 1 aliphatic heterocycles. The fourth-order valence-corrected chi connectivity index (χ4v) is 3.46. The Hall–Kier alpha value is -1.27. The van der Waals surface area contributed by atoms with Gasteiger partial charge in [0.15, 0.2) is 0 Å². The summed E-state index contributed by atoms with van der Waals surface area (Å²) in [4.78, 5) is 16.1. The third-order valence-corrected chi connectivity index (χ3v) is 4.76. The van der Waals surface area contributed by atoms with Gasteiger partial charge in [-0.05, 0) is 5.53 Å². The van der Waals surface area contributed by atoms with Crippen LogP contribution in [0.3, 0.4) is 0 Å². The highest BCUT2D eigenvalue weighted by Gasteiger charge is 2.54. The van der Waals surface area contributed by atoms with E-state index in [-0.39, 0.29) is 0 Å². The van der Waals surface area contributed by atoms with E-state index < -0.39 is 53.5 Å². The Labute approximate surface area is 122 Å². The minimum atomic E-state index is -2.15. The van der Waals surface area contributed by atoms with Crippen molar-refractivity contribution in [1.82, 2.24) is 0 Å². The molecule has 1 fully saturated rings. The van der Waals surface area contributed by atoms with E-state index in [2.05, 4.69) is 15.0 Å². The molecule has 0 aromatic carbocycles. The quantitative estimate of drug-likeness (QED) is 0.137. The number of aliphatic hydroxyl groups excluding tert-OH is 4. The third kappa shape index (κ3) is 3.68. The molecular weight excluding hydrogens is 308 g/mol. The number of hydrogen-bond acceptors (Lipinski definition) is 9. The van der Waals surface area contributed by atoms with Gasteiger partial charge in [0, 0.05) is 17.4 Å². The minimum Gasteiger partial charge on any atom is -0.478 e. The van der Waals surface area contributed by atoms with Crippen molar-refractivity contribution in [1.29, 1.82) is 0 Å². The summed E-state index contributed by atoms with van der Waals surface area (Å²) >= 11 is 0.498. The van der Waals surface area contributed by atoms with Gasteiger partial charge in [-0.25, -0.2) is 4.79 Å². The lowest BCUT2D eigenvalue weighted by atomic mass is 9.95. The molecule has 1 rings (SSSR count). The number of carbonyl (C=O) groups is 1. The smallest absolute Gasteiger partial charge is 0.359 e. The molecule has 0 aromatic heterocycles. The Morgan fingerprint density at radius 1 is 1.62 bits per heavy atom. The van der Waals surface area contributed by atoms with Crippen molar-refractivity contribution in [3.8, 4) is 0 Å². The van der Waals surface area contributed by atoms with Crippen LogP contribution in [0.4, 0.5) is 0 Å². The SMILES string of the molecule is [N-]=[N+]=NO[C@@]1(C(=O)O)C[C@H](O)[C@@H](N)[C@H]([C@H](O)[C@H](O)CO)S1. The Balaban J connectivity index is 3.09. The van der Waals surface area contributed by atoms with Gasteiger partial charge in [-0.2, -0.15) is 0 Å². The van der Waals surface area contributed by atoms with Crippen molar-refractivity contribution in [2.24, 2.45) is 11.0 Å². The van der Waals surface area contributed by atoms with Crippen LogP contribution in [0.15, 0.2) is 5.28 Å². The van der Waals surface area contributed by atoms with Gasteiger partial charge in [0.1, 0.15) is 11.4 Å². The van der Waals surface area contributed by atoms with Gasteiger partial charge in [0.25, 0.3) is 4.93 Å². The zero-order valence-corrected chi connectivity index (χ0v) is 11.5. The molecule has 0 aromatic rings. The maximum absolute atomic E-state index is 11.4. The summed E-state index contributed by atoms with van der Waals surface area (Å²) in [5.74, 6) is -1.54. The van der Waals surface area contributed by atoms with E-state index in [0.717, 1.165) is 0 Å². The largest absolute Gasteiger partial charge is 0.478 e. The van der Waals surface area contributed by atoms with Crippen molar-refractivity contribution < 1.29 is 35.2 Å². The van der Waals surface area contributed by atoms with Crippen molar-refractivity contribution >= 4 is 17.7 Å². The first kappa shape index (κ1) is 17.8. The summed E-state index contributed by atoms with van der Waals surface area (Å²) in [5.41, 5.74) is 13.9. The first-order valence-corrected chi connectivity index (χ1v) is 6.71. The van der Waals surface area contributed by atoms with E-state index in [9.17, 15) is 25.2 Å². The lowest BCUT2D eigenvalue weighted by molar-refractivity contribution is -0.158. The number of nitrogens with zero attached hydrogens (tertiary/aromatic N) is 3. The summed E-state index contributed by atoms with van der Waals surface area (Å²) in [5, 5.41) is 48.9. The highest BCUT2D eigenvalue weighted by atomic mass is 32.2. The van der Waals surface area contributed by atoms with Crippen LogP contribution in [-0.4, -0.2) is 72.6 Å². The van der Waals surface area contributed by atoms with Gasteiger partial charge in [0.05, 0.1) is 24.1 Å². The second-order valence-electron chi connectivity index (χ2n) is 4.49. The maximum Gasteiger partial charge on any atom is 0.359 e. The molecule has 0 spiro atoms. The van der Waals surface area contributed by atoms with Gasteiger partial charge in [0.2, 0.25) is 0 Å². The van der Waals surface area contributed by atoms with Crippen LogP contribution in [0.2, 0.25) is 0 Å². The third-order valence-electron chi connectivity index (χ3n) is 3.10. The number of nitrogens with two attached hydrogens (primary N) is 1. The lowest BCUT2D eigenvalue weighted by Gasteiger charge is -2.43. The number of aliphatic hydroxyl groups is 4. The normalized spacial score (nSPS) is 35.4. The summed E-state index contributed by atoms with van der Waals surface area (Å²) in [6, 6.07) is -1.08. The van der Waals surface area contributed by atoms with Crippen LogP contribution in [0.25, 0.3) is 10.4 Å². The first-order valence-electron chi connectivity index (χ1n) is 5.83. The summed E-state index contributed by atoms with van der Waals surface area (Å²) in [6.07, 6.45) is -5.06. The molecule has 0 saturated carbocycles. The molecule has 120 valence electrons. The molecule has 0 aliphatic carbocycles. The van der Waals surface area contributed by atoms with Crippen LogP contribution in [-0.2, 0) is 9.63 Å². The number of thioether (sulfide) groups is 1. The van der Waals surface area contributed by atoms with Crippen LogP contribution in [0.5, 0.6) is 0 Å². The molecule has 1 aliphatic rings. The molecule has 1 saturated heterocycles. The zero-order valence-electron chi connectivity index (χ0n) is 10.7. The van der Waals surface area contributed by atoms with Gasteiger partial charge < -0.3 is 36.1 Å². The molecule has 0 amide bonds. The fraction of sp³-hybridized carbons (Fsp3) is 0.889. The molecule has 7 N–H and O–H groups in total. The van der Waals surface area contributed by atoms with Gasteiger partial charge in [-0.1, -0.05) is 11.8 Å². The van der Waals surface area contributed by atoms with Crippen LogP contribution >= 0.6 is 11.8 Å². The number of hydrogen-bond donors (Lipinski definition) is 6. The van der Waals surface area contributed by atoms with E-state index in [1.54, 1.807) is 0 Å². The monoisotopic (exact) mass is 324 g/mol. The van der Waals surface area contributed by atoms with E-state index in [1.807, 2.05) is 0 Å². The zero-order chi connectivity index (χ0) is 16.2. The standard InChI is InChI=1S/C9H16N4O7S/c10-5-3(15)1-9(8(18)19,20-13-12-11)21-7(5)6(17)4(16)2-14/h3-7,14-17H,1-2,10H2,(H,18,19)/t3-,4+,5+,6+,7+,9-/m0/s1. The van der Waals surface area contributed by atoms with Crippen molar-refractivity contribution in [2.75, 3.05) is 6.61 Å². The average Bonchev–Trinajstić information content (AvgIpc) is 2.46. The molecule has 0 radical (unpaired) electrons. The molecule has 0 unspecified atom stereocenters. The summed E-state index contributed by atoms with van der Waals surface area (Å²) in [6.45, 7) is -0.779. The topological polar surface area (TPSA) is 202 Å². The average molecular weight is 324 g/mol. The van der Waals surface area contributed by atoms with Gasteiger partial charge in [-0.15, -0.1) is 0 Å². The van der Waals surface area contributed by atoms with E-state index in [4.69, 9.17) is 16.4 Å². The van der Waals surface area contributed by atoms with Crippen LogP contribution in [0, 0.1) is 0 Å². The second-order valence-corrected chi connectivity index (χ2v) is 5.93. The molecule has 12 heteroatoms. The minimum absolute atomic E-state index is 0.481. The van der Waals surface area contributed by atoms with Gasteiger partial charge in [-0.3, -0.25) is 0 Å². The first-order chi connectivity index (χ1) is 9.79. The summed E-state index contributed by atoms with van der Waals surface area (Å²) < 4.78 is 0. The Morgan fingerprint density at radius 2 is 2.24 bits per heavy atom. The highest BCUT2D eigenvalue weighted by Crippen LogP contribution is 2.44. The predicted octanol–water partition coefficient (Wildman–Crippen LogP) is -2.08. The molecule has 11 nitrogen and oxygen atoms in total. The number of rotatable bonds is 6. The van der Waals surface area contributed by atoms with E-state index in [1.165, 1.54) is 0 Å². The molecule has 1 heterocycles. The molecular formula is C9H16N4O7S. The lowest BCUT2D eigenvalue weighted by Crippen LogP contribution is -2.61. The maximum atomic E-state index is 11.4. The van der Waals surface area contributed by atoms with Crippen molar-refractivity contribution in [2.45, 2.75) is 41.0 Å². The van der Waals surface area contributed by atoms with Crippen LogP contribution in [0.1, 0.15) is 6.42 Å². The number of carboxylic acids is 1. The Bertz CT molecular complexity index is 434. The van der Waals surface area contributed by atoms with Gasteiger partial charge >= 0.3 is 5.97 Å². The highest BCUT2D eigenvalue weighted by molar-refractivity contribution is 8.02. The van der Waals surface area contributed by atoms with E-state index >= 15 is 0 Å². The number of azide groups is 1. The predicted molar refractivity (Wildman–Crippen MR) is 69.7 cm³/mol. The van der Waals surface area contributed by atoms with Crippen molar-refractivity contribution in [3.05, 3.63) is 10.4 Å². The molecule has 0 bridgehead atoms. The second kappa shape index (κ2) is 7.13. The number of carboxylic acid groups (broad SMARTS) is 1. The van der Waals surface area contributed by atoms with E-state index in [0.29, 0.717) is 11.8 Å². The molecule has 6 atom stereocenters. The fourth-order valence-electron chi connectivity index (χ4n) is 1.92. The summed E-state index contributed by atoms with van der Waals surface area (Å²) in [7, 11) is 0. The molecule has 21 heavy (non-hydrogen) atoms. The van der Waals surface area contributed by atoms with Crippen LogP contribution < -0.4 is 5.73 Å². The Kier molecular flexibility index (Phi) is 6.04. The Morgan fingerprint density at radius 3 is 2.71 bits per heavy atom. The van der Waals surface area contributed by atoms with Crippen molar-refractivity contribution in [3.63, 3.8) is 0 Å².